The molecule has 1 amide bonds. The van der Waals surface area contributed by atoms with E-state index in [2.05, 4.69) is 14.9 Å². The molecule has 0 saturated carbocycles. The first kappa shape index (κ1) is 15.8. The van der Waals surface area contributed by atoms with Crippen LogP contribution in [0.4, 0.5) is 4.79 Å². The molecule has 6 nitrogen and oxygen atoms in total. The number of fused-ring (bicyclic) bond motifs is 1. The normalized spacial score (nSPS) is 16.7. The molecule has 3 heterocycles. The van der Waals surface area contributed by atoms with Crippen molar-refractivity contribution in [2.24, 2.45) is 0 Å². The Labute approximate surface area is 136 Å². The van der Waals surface area contributed by atoms with E-state index in [1.54, 1.807) is 4.90 Å². The van der Waals surface area contributed by atoms with Crippen molar-refractivity contribution in [3.05, 3.63) is 30.2 Å². The third-order valence-electron chi connectivity index (χ3n) is 3.99. The molecule has 1 fully saturated rings. The molecule has 1 aliphatic heterocycles. The van der Waals surface area contributed by atoms with Gasteiger partial charge in [-0.05, 0) is 32.4 Å². The van der Waals surface area contributed by atoms with Crippen LogP contribution in [0, 0.1) is 0 Å². The molecule has 2 aromatic rings. The van der Waals surface area contributed by atoms with E-state index < -0.39 is 5.60 Å². The molecule has 1 saturated heterocycles. The lowest BCUT2D eigenvalue weighted by Crippen LogP contribution is -2.49. The Hall–Kier alpha value is -2.08. The van der Waals surface area contributed by atoms with Crippen molar-refractivity contribution in [2.75, 3.05) is 26.2 Å². The summed E-state index contributed by atoms with van der Waals surface area (Å²) in [6.45, 7) is 9.70. The van der Waals surface area contributed by atoms with Gasteiger partial charge in [-0.1, -0.05) is 0 Å². The Bertz CT molecular complexity index is 681. The molecular formula is C17H24N4O2. The van der Waals surface area contributed by atoms with Gasteiger partial charge in [0.25, 0.3) is 0 Å². The molecule has 1 aliphatic rings. The molecular weight excluding hydrogens is 292 g/mol. The fourth-order valence-electron chi connectivity index (χ4n) is 2.82. The van der Waals surface area contributed by atoms with Gasteiger partial charge in [-0.25, -0.2) is 4.79 Å². The minimum Gasteiger partial charge on any atom is -0.444 e. The van der Waals surface area contributed by atoms with Crippen LogP contribution in [0.15, 0.2) is 24.7 Å². The lowest BCUT2D eigenvalue weighted by atomic mass is 10.2. The zero-order valence-corrected chi connectivity index (χ0v) is 14.0. The molecule has 2 aromatic heterocycles. The Morgan fingerprint density at radius 3 is 2.74 bits per heavy atom. The second-order valence-electron chi connectivity index (χ2n) is 6.98. The van der Waals surface area contributed by atoms with E-state index >= 15 is 0 Å². The summed E-state index contributed by atoms with van der Waals surface area (Å²) >= 11 is 0. The molecule has 0 unspecified atom stereocenters. The highest BCUT2D eigenvalue weighted by molar-refractivity contribution is 5.82. The van der Waals surface area contributed by atoms with E-state index in [-0.39, 0.29) is 6.09 Å². The molecule has 0 aliphatic carbocycles. The molecule has 0 bridgehead atoms. The van der Waals surface area contributed by atoms with Gasteiger partial charge in [-0.3, -0.25) is 9.88 Å². The first-order chi connectivity index (χ1) is 10.9. The maximum atomic E-state index is 12.1. The van der Waals surface area contributed by atoms with Crippen molar-refractivity contribution in [3.63, 3.8) is 0 Å². The molecule has 3 rings (SSSR count). The third kappa shape index (κ3) is 3.82. The SMILES string of the molecule is CC(C)(C)OC(=O)N1CCN(Cc2c[nH]c3cnccc23)CC1. The summed E-state index contributed by atoms with van der Waals surface area (Å²) in [7, 11) is 0. The van der Waals surface area contributed by atoms with Gasteiger partial charge in [0.15, 0.2) is 0 Å². The van der Waals surface area contributed by atoms with Crippen LogP contribution < -0.4 is 0 Å². The fraction of sp³-hybridized carbons (Fsp3) is 0.529. The zero-order chi connectivity index (χ0) is 16.4. The third-order valence-corrected chi connectivity index (χ3v) is 3.99. The number of aromatic nitrogens is 2. The highest BCUT2D eigenvalue weighted by Crippen LogP contribution is 2.19. The van der Waals surface area contributed by atoms with E-state index in [9.17, 15) is 4.79 Å². The van der Waals surface area contributed by atoms with Crippen molar-refractivity contribution >= 4 is 17.0 Å². The number of carbonyl (C=O) groups excluding carboxylic acids is 1. The number of nitrogens with zero attached hydrogens (tertiary/aromatic N) is 3. The molecule has 124 valence electrons. The second kappa shape index (κ2) is 6.20. The summed E-state index contributed by atoms with van der Waals surface area (Å²) in [5, 5.41) is 1.22. The monoisotopic (exact) mass is 316 g/mol. The van der Waals surface area contributed by atoms with E-state index in [1.807, 2.05) is 45.4 Å². The molecule has 0 atom stereocenters. The molecule has 0 spiro atoms. The number of nitrogens with one attached hydrogen (secondary N) is 1. The number of hydrogen-bond donors (Lipinski definition) is 1. The Morgan fingerprint density at radius 2 is 2.04 bits per heavy atom. The summed E-state index contributed by atoms with van der Waals surface area (Å²) in [4.78, 5) is 23.6. The van der Waals surface area contributed by atoms with Crippen LogP contribution in [0.2, 0.25) is 0 Å². The fourth-order valence-corrected chi connectivity index (χ4v) is 2.82. The van der Waals surface area contributed by atoms with Crippen molar-refractivity contribution in [3.8, 4) is 0 Å². The van der Waals surface area contributed by atoms with Crippen molar-refractivity contribution in [1.82, 2.24) is 19.8 Å². The zero-order valence-electron chi connectivity index (χ0n) is 14.0. The number of H-pyrrole nitrogens is 1. The average Bonchev–Trinajstić information content (AvgIpc) is 2.90. The highest BCUT2D eigenvalue weighted by atomic mass is 16.6. The highest BCUT2D eigenvalue weighted by Gasteiger charge is 2.26. The number of pyridine rings is 1. The van der Waals surface area contributed by atoms with Crippen molar-refractivity contribution in [1.29, 1.82) is 0 Å². The summed E-state index contributed by atoms with van der Waals surface area (Å²) in [5.41, 5.74) is 1.90. The summed E-state index contributed by atoms with van der Waals surface area (Å²) in [5.74, 6) is 0. The van der Waals surface area contributed by atoms with Gasteiger partial charge in [0.2, 0.25) is 0 Å². The number of piperazine rings is 1. The maximum Gasteiger partial charge on any atom is 0.410 e. The standard InChI is InChI=1S/C17H24N4O2/c1-17(2,3)23-16(22)21-8-6-20(7-9-21)12-13-10-19-15-11-18-5-4-14(13)15/h4-5,10-11,19H,6-9,12H2,1-3H3. The van der Waals surface area contributed by atoms with E-state index in [0.29, 0.717) is 13.1 Å². The van der Waals surface area contributed by atoms with Crippen LogP contribution in [-0.4, -0.2) is 57.6 Å². The average molecular weight is 316 g/mol. The second-order valence-corrected chi connectivity index (χ2v) is 6.98. The minimum atomic E-state index is -0.438. The molecule has 1 N–H and O–H groups in total. The smallest absolute Gasteiger partial charge is 0.410 e. The quantitative estimate of drug-likeness (QED) is 0.925. The lowest BCUT2D eigenvalue weighted by molar-refractivity contribution is 0.0139. The molecule has 0 aromatic carbocycles. The number of hydrogen-bond acceptors (Lipinski definition) is 4. The van der Waals surface area contributed by atoms with Crippen LogP contribution >= 0.6 is 0 Å². The number of rotatable bonds is 2. The predicted molar refractivity (Wildman–Crippen MR) is 89.2 cm³/mol. The van der Waals surface area contributed by atoms with Crippen LogP contribution in [0.5, 0.6) is 0 Å². The van der Waals surface area contributed by atoms with Crippen LogP contribution in [0.25, 0.3) is 10.9 Å². The Balaban J connectivity index is 1.56. The summed E-state index contributed by atoms with van der Waals surface area (Å²) in [6.07, 6.45) is 5.50. The first-order valence-electron chi connectivity index (χ1n) is 8.03. The van der Waals surface area contributed by atoms with E-state index in [4.69, 9.17) is 4.74 Å². The van der Waals surface area contributed by atoms with Crippen LogP contribution in [-0.2, 0) is 11.3 Å². The molecule has 23 heavy (non-hydrogen) atoms. The topological polar surface area (TPSA) is 61.5 Å². The van der Waals surface area contributed by atoms with Gasteiger partial charge in [0, 0.05) is 50.5 Å². The first-order valence-corrected chi connectivity index (χ1v) is 8.03. The summed E-state index contributed by atoms with van der Waals surface area (Å²) < 4.78 is 5.43. The van der Waals surface area contributed by atoms with Gasteiger partial charge in [-0.2, -0.15) is 0 Å². The number of ether oxygens (including phenoxy) is 1. The van der Waals surface area contributed by atoms with Gasteiger partial charge in [0.1, 0.15) is 5.60 Å². The van der Waals surface area contributed by atoms with Gasteiger partial charge in [-0.15, -0.1) is 0 Å². The van der Waals surface area contributed by atoms with Crippen LogP contribution in [0.3, 0.4) is 0 Å². The summed E-state index contributed by atoms with van der Waals surface area (Å²) in [6, 6.07) is 2.04. The largest absolute Gasteiger partial charge is 0.444 e. The molecule has 6 heteroatoms. The van der Waals surface area contributed by atoms with E-state index in [1.165, 1.54) is 10.9 Å². The van der Waals surface area contributed by atoms with Gasteiger partial charge >= 0.3 is 6.09 Å². The minimum absolute atomic E-state index is 0.213. The number of aromatic amines is 1. The number of amides is 1. The van der Waals surface area contributed by atoms with Crippen LogP contribution in [0.1, 0.15) is 26.3 Å². The molecule has 0 radical (unpaired) electrons. The Kier molecular flexibility index (Phi) is 4.26. The predicted octanol–water partition coefficient (Wildman–Crippen LogP) is 2.62. The maximum absolute atomic E-state index is 12.1. The number of carbonyl (C=O) groups is 1. The van der Waals surface area contributed by atoms with Crippen molar-refractivity contribution < 1.29 is 9.53 Å². The lowest BCUT2D eigenvalue weighted by Gasteiger charge is -2.35. The van der Waals surface area contributed by atoms with Crippen molar-refractivity contribution in [2.45, 2.75) is 32.9 Å². The van der Waals surface area contributed by atoms with E-state index in [0.717, 1.165) is 25.2 Å². The van der Waals surface area contributed by atoms with Gasteiger partial charge in [0.05, 0.1) is 11.7 Å². The Morgan fingerprint density at radius 1 is 1.30 bits per heavy atom. The van der Waals surface area contributed by atoms with Gasteiger partial charge < -0.3 is 14.6 Å².